The van der Waals surface area contributed by atoms with Crippen molar-refractivity contribution in [2.24, 2.45) is 0 Å². The van der Waals surface area contributed by atoms with Crippen molar-refractivity contribution < 1.29 is 4.79 Å². The van der Waals surface area contributed by atoms with Gasteiger partial charge in [0.15, 0.2) is 5.13 Å². The van der Waals surface area contributed by atoms with Gasteiger partial charge in [-0.25, -0.2) is 4.98 Å². The molecule has 0 spiro atoms. The Morgan fingerprint density at radius 1 is 1.06 bits per heavy atom. The third-order valence-corrected chi connectivity index (χ3v) is 6.63. The lowest BCUT2D eigenvalue weighted by Gasteiger charge is -2.15. The van der Waals surface area contributed by atoms with Gasteiger partial charge in [-0.2, -0.15) is 0 Å². The van der Waals surface area contributed by atoms with Gasteiger partial charge in [0.1, 0.15) is 5.69 Å². The molecular formula is C25H36N4OS. The molecule has 31 heavy (non-hydrogen) atoms. The first-order chi connectivity index (χ1) is 15.2. The highest BCUT2D eigenvalue weighted by Gasteiger charge is 2.13. The molecule has 0 aliphatic heterocycles. The molecule has 1 heterocycles. The molecule has 0 atom stereocenters. The monoisotopic (exact) mass is 440 g/mol. The molecule has 2 aromatic rings. The van der Waals surface area contributed by atoms with Gasteiger partial charge in [0.05, 0.1) is 0 Å². The molecule has 0 bridgehead atoms. The van der Waals surface area contributed by atoms with Crippen molar-refractivity contribution in [1.29, 1.82) is 0 Å². The molecule has 5 nitrogen and oxygen atoms in total. The van der Waals surface area contributed by atoms with Crippen LogP contribution in [0.5, 0.6) is 0 Å². The van der Waals surface area contributed by atoms with Crippen molar-refractivity contribution in [2.75, 3.05) is 31.6 Å². The molecule has 168 valence electrons. The fourth-order valence-corrected chi connectivity index (χ4v) is 4.59. The lowest BCUT2D eigenvalue weighted by atomic mass is 10.1. The summed E-state index contributed by atoms with van der Waals surface area (Å²) in [4.78, 5) is 18.9. The first-order valence-corrected chi connectivity index (χ1v) is 12.5. The summed E-state index contributed by atoms with van der Waals surface area (Å²) in [6, 6.07) is 10.1. The Bertz CT molecular complexity index is 818. The second-order valence-electron chi connectivity index (χ2n) is 8.22. The summed E-state index contributed by atoms with van der Waals surface area (Å²) in [5, 5.41) is 9.23. The highest BCUT2D eigenvalue weighted by Crippen LogP contribution is 2.26. The van der Waals surface area contributed by atoms with E-state index in [9.17, 15) is 4.79 Å². The Morgan fingerprint density at radius 3 is 2.71 bits per heavy atom. The molecule has 2 N–H and O–H groups in total. The fraction of sp³-hybridized carbons (Fsp3) is 0.520. The van der Waals surface area contributed by atoms with Crippen LogP contribution in [0.15, 0.2) is 47.4 Å². The van der Waals surface area contributed by atoms with E-state index in [1.165, 1.54) is 56.3 Å². The van der Waals surface area contributed by atoms with Crippen LogP contribution in [0.1, 0.15) is 68.3 Å². The predicted molar refractivity (Wildman–Crippen MR) is 131 cm³/mol. The van der Waals surface area contributed by atoms with Crippen LogP contribution < -0.4 is 15.5 Å². The number of thiazole rings is 1. The topological polar surface area (TPSA) is 57.3 Å². The molecule has 0 fully saturated rings. The molecule has 1 amide bonds. The van der Waals surface area contributed by atoms with Crippen LogP contribution in [0, 0.1) is 0 Å². The third-order valence-electron chi connectivity index (χ3n) is 5.71. The number of para-hydroxylation sites is 1. The smallest absolute Gasteiger partial charge is 0.270 e. The molecule has 1 aliphatic carbocycles. The van der Waals surface area contributed by atoms with E-state index in [1.807, 2.05) is 47.7 Å². The molecular weight excluding hydrogens is 404 g/mol. The molecule has 0 unspecified atom stereocenters. The Labute approximate surface area is 191 Å². The Kier molecular flexibility index (Phi) is 10.1. The van der Waals surface area contributed by atoms with Gasteiger partial charge in [-0.3, -0.25) is 4.79 Å². The Morgan fingerprint density at radius 2 is 1.84 bits per heavy atom. The number of carbonyl (C=O) groups is 1. The van der Waals surface area contributed by atoms with Crippen molar-refractivity contribution >= 4 is 28.1 Å². The summed E-state index contributed by atoms with van der Waals surface area (Å²) in [6.45, 7) is 2.70. The summed E-state index contributed by atoms with van der Waals surface area (Å²) in [6.07, 6.45) is 13.8. The molecule has 1 aromatic heterocycles. The maximum absolute atomic E-state index is 12.4. The van der Waals surface area contributed by atoms with E-state index in [-0.39, 0.29) is 5.91 Å². The lowest BCUT2D eigenvalue weighted by molar-refractivity contribution is 0.0949. The lowest BCUT2D eigenvalue weighted by Crippen LogP contribution is -2.26. The SMILES string of the molecule is CN(c1ccccc1)c1nc(C(=O)NCCCCNC/C2=C/CCCCCCC2)cs1. The quantitative estimate of drug-likeness (QED) is 0.368. The summed E-state index contributed by atoms with van der Waals surface area (Å²) >= 11 is 1.49. The molecule has 6 heteroatoms. The highest BCUT2D eigenvalue weighted by atomic mass is 32.1. The van der Waals surface area contributed by atoms with E-state index in [0.717, 1.165) is 36.8 Å². The van der Waals surface area contributed by atoms with E-state index in [2.05, 4.69) is 21.7 Å². The maximum Gasteiger partial charge on any atom is 0.270 e. The number of hydrogen-bond donors (Lipinski definition) is 2. The van der Waals surface area contributed by atoms with Gasteiger partial charge in [0.25, 0.3) is 5.91 Å². The van der Waals surface area contributed by atoms with Crippen LogP contribution in [0.2, 0.25) is 0 Å². The van der Waals surface area contributed by atoms with Crippen molar-refractivity contribution in [3.05, 3.63) is 53.1 Å². The first kappa shape index (κ1) is 23.5. The zero-order valence-corrected chi connectivity index (χ0v) is 19.6. The number of carbonyl (C=O) groups excluding carboxylic acids is 1. The van der Waals surface area contributed by atoms with Gasteiger partial charge in [0.2, 0.25) is 0 Å². The predicted octanol–water partition coefficient (Wildman–Crippen LogP) is 5.68. The molecule has 3 rings (SSSR count). The standard InChI is InChI=1S/C25H36N4OS/c1-29(22-15-9-6-10-16-22)25-28-23(20-31-25)24(30)27-18-12-11-17-26-19-21-13-7-4-2-3-5-8-14-21/h6,9-10,13,15-16,20,26H,2-5,7-8,11-12,14,17-19H2,1H3,(H,27,30)/b21-13+. The van der Waals surface area contributed by atoms with Crippen LogP contribution in [0.3, 0.4) is 0 Å². The van der Waals surface area contributed by atoms with Crippen LogP contribution >= 0.6 is 11.3 Å². The fourth-order valence-electron chi connectivity index (χ4n) is 3.80. The maximum atomic E-state index is 12.4. The Hall–Kier alpha value is -2.18. The molecule has 1 aromatic carbocycles. The number of aromatic nitrogens is 1. The van der Waals surface area contributed by atoms with Crippen LogP contribution in [-0.2, 0) is 0 Å². The summed E-state index contributed by atoms with van der Waals surface area (Å²) in [5.41, 5.74) is 3.13. The summed E-state index contributed by atoms with van der Waals surface area (Å²) in [7, 11) is 1.97. The molecule has 0 radical (unpaired) electrons. The normalized spacial score (nSPS) is 16.5. The van der Waals surface area contributed by atoms with Crippen molar-refractivity contribution in [3.63, 3.8) is 0 Å². The van der Waals surface area contributed by atoms with E-state index < -0.39 is 0 Å². The minimum Gasteiger partial charge on any atom is -0.351 e. The number of hydrogen-bond acceptors (Lipinski definition) is 5. The molecule has 0 saturated heterocycles. The van der Waals surface area contributed by atoms with Gasteiger partial charge in [-0.1, -0.05) is 49.1 Å². The molecule has 1 aliphatic rings. The highest BCUT2D eigenvalue weighted by molar-refractivity contribution is 7.14. The van der Waals surface area contributed by atoms with Crippen LogP contribution in [0.4, 0.5) is 10.8 Å². The van der Waals surface area contributed by atoms with Crippen molar-refractivity contribution in [3.8, 4) is 0 Å². The number of nitrogens with zero attached hydrogens (tertiary/aromatic N) is 2. The number of nitrogens with one attached hydrogen (secondary N) is 2. The zero-order valence-electron chi connectivity index (χ0n) is 18.7. The second kappa shape index (κ2) is 13.3. The number of anilines is 2. The average molecular weight is 441 g/mol. The average Bonchev–Trinajstić information content (AvgIpc) is 3.33. The summed E-state index contributed by atoms with van der Waals surface area (Å²) < 4.78 is 0. The van der Waals surface area contributed by atoms with Gasteiger partial charge < -0.3 is 15.5 Å². The van der Waals surface area contributed by atoms with Crippen LogP contribution in [0.25, 0.3) is 0 Å². The number of allylic oxidation sites excluding steroid dienone is 1. The zero-order chi connectivity index (χ0) is 21.7. The minimum absolute atomic E-state index is 0.0901. The largest absolute Gasteiger partial charge is 0.351 e. The van der Waals surface area contributed by atoms with Gasteiger partial charge >= 0.3 is 0 Å². The van der Waals surface area contributed by atoms with Gasteiger partial charge in [-0.05, 0) is 57.2 Å². The van der Waals surface area contributed by atoms with Crippen molar-refractivity contribution in [1.82, 2.24) is 15.6 Å². The minimum atomic E-state index is -0.0901. The number of amides is 1. The molecule has 0 saturated carbocycles. The first-order valence-electron chi connectivity index (χ1n) is 11.6. The Balaban J connectivity index is 1.30. The van der Waals surface area contributed by atoms with Gasteiger partial charge in [0, 0.05) is 31.2 Å². The van der Waals surface area contributed by atoms with Crippen LogP contribution in [-0.4, -0.2) is 37.6 Å². The van der Waals surface area contributed by atoms with Crippen molar-refractivity contribution in [2.45, 2.75) is 57.8 Å². The van der Waals surface area contributed by atoms with E-state index in [1.54, 1.807) is 5.57 Å². The number of unbranched alkanes of at least 4 members (excludes halogenated alkanes) is 1. The van der Waals surface area contributed by atoms with Gasteiger partial charge in [-0.15, -0.1) is 11.3 Å². The van der Waals surface area contributed by atoms with E-state index in [0.29, 0.717) is 12.2 Å². The van der Waals surface area contributed by atoms with E-state index in [4.69, 9.17) is 0 Å². The number of benzene rings is 1. The van der Waals surface area contributed by atoms with E-state index >= 15 is 0 Å². The summed E-state index contributed by atoms with van der Waals surface area (Å²) in [5.74, 6) is -0.0901. The third kappa shape index (κ3) is 8.11. The number of rotatable bonds is 10. The second-order valence-corrected chi connectivity index (χ2v) is 9.06.